The standard InChI is InChI=1S/C18H13NO/c1-13-9-10-17(15(11-13)12-19)20-18-8-4-6-14-5-2-3-7-16(14)18/h2-11H,1H3. The van der Waals surface area contributed by atoms with Crippen molar-refractivity contribution >= 4 is 10.8 Å². The molecular formula is C18H13NO. The molecule has 0 N–H and O–H groups in total. The van der Waals surface area contributed by atoms with E-state index in [1.807, 2.05) is 67.6 Å². The highest BCUT2D eigenvalue weighted by Gasteiger charge is 2.07. The van der Waals surface area contributed by atoms with Crippen LogP contribution in [-0.4, -0.2) is 0 Å². The van der Waals surface area contributed by atoms with Crippen molar-refractivity contribution in [1.82, 2.24) is 0 Å². The Morgan fingerprint density at radius 1 is 0.900 bits per heavy atom. The number of fused-ring (bicyclic) bond motifs is 1. The number of nitrogens with zero attached hydrogens (tertiary/aromatic N) is 1. The molecule has 3 aromatic carbocycles. The van der Waals surface area contributed by atoms with E-state index in [0.717, 1.165) is 22.1 Å². The predicted octanol–water partition coefficient (Wildman–Crippen LogP) is 4.81. The third kappa shape index (κ3) is 2.22. The molecule has 0 bridgehead atoms. The van der Waals surface area contributed by atoms with Gasteiger partial charge in [-0.1, -0.05) is 42.5 Å². The van der Waals surface area contributed by atoms with E-state index < -0.39 is 0 Å². The quantitative estimate of drug-likeness (QED) is 0.661. The van der Waals surface area contributed by atoms with Crippen LogP contribution in [0.3, 0.4) is 0 Å². The summed E-state index contributed by atoms with van der Waals surface area (Å²) in [6, 6.07) is 21.8. The maximum Gasteiger partial charge on any atom is 0.145 e. The van der Waals surface area contributed by atoms with Crippen LogP contribution in [0.4, 0.5) is 0 Å². The fourth-order valence-electron chi connectivity index (χ4n) is 2.22. The van der Waals surface area contributed by atoms with Crippen LogP contribution in [0.25, 0.3) is 10.8 Å². The highest BCUT2D eigenvalue weighted by Crippen LogP contribution is 2.31. The first kappa shape index (κ1) is 12.3. The summed E-state index contributed by atoms with van der Waals surface area (Å²) < 4.78 is 5.95. The van der Waals surface area contributed by atoms with Crippen LogP contribution < -0.4 is 4.74 Å². The molecule has 0 unspecified atom stereocenters. The fourth-order valence-corrected chi connectivity index (χ4v) is 2.22. The van der Waals surface area contributed by atoms with Crippen molar-refractivity contribution in [2.45, 2.75) is 6.92 Å². The van der Waals surface area contributed by atoms with Crippen molar-refractivity contribution in [1.29, 1.82) is 5.26 Å². The molecule has 0 aliphatic carbocycles. The first-order chi connectivity index (χ1) is 9.78. The first-order valence-corrected chi connectivity index (χ1v) is 6.44. The molecule has 0 aliphatic rings. The van der Waals surface area contributed by atoms with Gasteiger partial charge in [-0.2, -0.15) is 5.26 Å². The van der Waals surface area contributed by atoms with Crippen molar-refractivity contribution in [2.75, 3.05) is 0 Å². The minimum Gasteiger partial charge on any atom is -0.455 e. The Hall–Kier alpha value is -2.79. The summed E-state index contributed by atoms with van der Waals surface area (Å²) in [5.41, 5.74) is 1.60. The summed E-state index contributed by atoms with van der Waals surface area (Å²) in [6.45, 7) is 1.96. The maximum absolute atomic E-state index is 9.20. The lowest BCUT2D eigenvalue weighted by Crippen LogP contribution is -1.90. The Balaban J connectivity index is 2.08. The second kappa shape index (κ2) is 5.07. The third-order valence-electron chi connectivity index (χ3n) is 3.23. The van der Waals surface area contributed by atoms with Gasteiger partial charge in [0.25, 0.3) is 0 Å². The molecule has 0 heterocycles. The van der Waals surface area contributed by atoms with E-state index in [1.54, 1.807) is 0 Å². The zero-order valence-electron chi connectivity index (χ0n) is 11.1. The van der Waals surface area contributed by atoms with Gasteiger partial charge in [-0.3, -0.25) is 0 Å². The molecule has 3 aromatic rings. The van der Waals surface area contributed by atoms with Gasteiger partial charge in [0.15, 0.2) is 0 Å². The van der Waals surface area contributed by atoms with E-state index in [9.17, 15) is 5.26 Å². The molecule has 20 heavy (non-hydrogen) atoms. The van der Waals surface area contributed by atoms with Crippen molar-refractivity contribution in [3.05, 3.63) is 71.8 Å². The van der Waals surface area contributed by atoms with Gasteiger partial charge in [-0.25, -0.2) is 0 Å². The van der Waals surface area contributed by atoms with Gasteiger partial charge < -0.3 is 4.74 Å². The van der Waals surface area contributed by atoms with E-state index in [-0.39, 0.29) is 0 Å². The minimum atomic E-state index is 0.554. The van der Waals surface area contributed by atoms with Gasteiger partial charge in [-0.15, -0.1) is 0 Å². The molecule has 0 saturated heterocycles. The van der Waals surface area contributed by atoms with E-state index in [4.69, 9.17) is 4.74 Å². The summed E-state index contributed by atoms with van der Waals surface area (Å²) in [5, 5.41) is 11.4. The Bertz CT molecular complexity index is 810. The number of benzene rings is 3. The Morgan fingerprint density at radius 2 is 1.70 bits per heavy atom. The summed E-state index contributed by atoms with van der Waals surface area (Å²) in [6.07, 6.45) is 0. The topological polar surface area (TPSA) is 33.0 Å². The molecule has 0 atom stereocenters. The molecule has 0 saturated carbocycles. The molecule has 0 aromatic heterocycles. The molecule has 0 spiro atoms. The van der Waals surface area contributed by atoms with Gasteiger partial charge in [0.2, 0.25) is 0 Å². The molecule has 0 fully saturated rings. The second-order valence-corrected chi connectivity index (χ2v) is 4.69. The zero-order chi connectivity index (χ0) is 13.9. The predicted molar refractivity (Wildman–Crippen MR) is 79.9 cm³/mol. The minimum absolute atomic E-state index is 0.554. The Labute approximate surface area is 117 Å². The normalized spacial score (nSPS) is 10.2. The Kier molecular flexibility index (Phi) is 3.10. The number of hydrogen-bond acceptors (Lipinski definition) is 2. The van der Waals surface area contributed by atoms with Crippen LogP contribution in [0.1, 0.15) is 11.1 Å². The van der Waals surface area contributed by atoms with Crippen LogP contribution in [-0.2, 0) is 0 Å². The molecule has 2 heteroatoms. The van der Waals surface area contributed by atoms with Crippen LogP contribution >= 0.6 is 0 Å². The van der Waals surface area contributed by atoms with Crippen molar-refractivity contribution < 1.29 is 4.74 Å². The summed E-state index contributed by atoms with van der Waals surface area (Å²) >= 11 is 0. The van der Waals surface area contributed by atoms with Crippen LogP contribution in [0.5, 0.6) is 11.5 Å². The molecule has 0 amide bonds. The fraction of sp³-hybridized carbons (Fsp3) is 0.0556. The number of aryl methyl sites for hydroxylation is 1. The molecule has 0 aliphatic heterocycles. The summed E-state index contributed by atoms with van der Waals surface area (Å²) in [7, 11) is 0. The monoisotopic (exact) mass is 259 g/mol. The van der Waals surface area contributed by atoms with E-state index in [0.29, 0.717) is 11.3 Å². The van der Waals surface area contributed by atoms with Gasteiger partial charge >= 0.3 is 0 Å². The van der Waals surface area contributed by atoms with Crippen molar-refractivity contribution in [2.24, 2.45) is 0 Å². The SMILES string of the molecule is Cc1ccc(Oc2cccc3ccccc23)c(C#N)c1. The molecule has 0 radical (unpaired) electrons. The van der Waals surface area contributed by atoms with Crippen molar-refractivity contribution in [3.63, 3.8) is 0 Å². The van der Waals surface area contributed by atoms with Crippen molar-refractivity contribution in [3.8, 4) is 17.6 Å². The lowest BCUT2D eigenvalue weighted by Gasteiger charge is -2.10. The number of hydrogen-bond donors (Lipinski definition) is 0. The lowest BCUT2D eigenvalue weighted by atomic mass is 10.1. The zero-order valence-corrected chi connectivity index (χ0v) is 11.1. The number of nitriles is 1. The second-order valence-electron chi connectivity index (χ2n) is 4.69. The van der Waals surface area contributed by atoms with Gasteiger partial charge in [0, 0.05) is 5.39 Å². The van der Waals surface area contributed by atoms with Crippen LogP contribution in [0.2, 0.25) is 0 Å². The van der Waals surface area contributed by atoms with Gasteiger partial charge in [0.05, 0.1) is 5.56 Å². The van der Waals surface area contributed by atoms with Crippen LogP contribution in [0, 0.1) is 18.3 Å². The highest BCUT2D eigenvalue weighted by atomic mass is 16.5. The largest absolute Gasteiger partial charge is 0.455 e. The summed E-state index contributed by atoms with van der Waals surface area (Å²) in [5.74, 6) is 1.36. The van der Waals surface area contributed by atoms with Gasteiger partial charge in [0.1, 0.15) is 17.6 Å². The first-order valence-electron chi connectivity index (χ1n) is 6.44. The molecule has 3 rings (SSSR count). The highest BCUT2D eigenvalue weighted by molar-refractivity contribution is 5.88. The summed E-state index contributed by atoms with van der Waals surface area (Å²) in [4.78, 5) is 0. The number of rotatable bonds is 2. The third-order valence-corrected chi connectivity index (χ3v) is 3.23. The lowest BCUT2D eigenvalue weighted by molar-refractivity contribution is 0.486. The van der Waals surface area contributed by atoms with E-state index in [1.165, 1.54) is 0 Å². The van der Waals surface area contributed by atoms with E-state index >= 15 is 0 Å². The Morgan fingerprint density at radius 3 is 2.55 bits per heavy atom. The number of ether oxygens (including phenoxy) is 1. The maximum atomic E-state index is 9.20. The molecule has 2 nitrogen and oxygen atoms in total. The molecular weight excluding hydrogens is 246 g/mol. The average Bonchev–Trinajstić information content (AvgIpc) is 2.49. The average molecular weight is 259 g/mol. The smallest absolute Gasteiger partial charge is 0.145 e. The van der Waals surface area contributed by atoms with E-state index in [2.05, 4.69) is 6.07 Å². The van der Waals surface area contributed by atoms with Gasteiger partial charge in [-0.05, 0) is 36.1 Å². The molecule has 96 valence electrons. The van der Waals surface area contributed by atoms with Crippen LogP contribution in [0.15, 0.2) is 60.7 Å².